The molecular weight excluding hydrogens is 764 g/mol. The van der Waals surface area contributed by atoms with Gasteiger partial charge in [-0.25, -0.2) is 0 Å². The number of nitrogens with zero attached hydrogens (tertiary/aromatic N) is 1. The SMILES string of the molecule is CCCCCCO/N=C/c1c2c(O)c3c(O)c(C)c4c(c3c1O)C(=O)C(C)(O/C=C\C(OC)C(C)C(OC(C)=O)C(C)C(O)C(C)C(O)C(C)C=CC=C(C)C(=O)N2)O4. The van der Waals surface area contributed by atoms with Crippen molar-refractivity contribution in [3.8, 4) is 23.0 Å². The molecule has 5 bridgehead atoms. The zero-order valence-corrected chi connectivity index (χ0v) is 35.6. The Morgan fingerprint density at radius 1 is 0.949 bits per heavy atom. The van der Waals surface area contributed by atoms with E-state index in [1.165, 1.54) is 53.2 Å². The largest absolute Gasteiger partial charge is 0.507 e. The lowest BCUT2D eigenvalue weighted by atomic mass is 9.78. The van der Waals surface area contributed by atoms with E-state index in [4.69, 9.17) is 23.8 Å². The number of benzene rings is 2. The van der Waals surface area contributed by atoms with E-state index < -0.39 is 88.8 Å². The lowest BCUT2D eigenvalue weighted by Crippen LogP contribution is -2.46. The summed E-state index contributed by atoms with van der Waals surface area (Å²) in [6.45, 7) is 14.8. The van der Waals surface area contributed by atoms with Gasteiger partial charge in [0, 0.05) is 61.2 Å². The molecule has 9 unspecified atom stereocenters. The number of rotatable bonds is 9. The molecule has 1 amide bonds. The Morgan fingerprint density at radius 2 is 1.64 bits per heavy atom. The van der Waals surface area contributed by atoms with Crippen LogP contribution in [0.3, 0.4) is 0 Å². The van der Waals surface area contributed by atoms with Gasteiger partial charge >= 0.3 is 11.8 Å². The third kappa shape index (κ3) is 9.85. The van der Waals surface area contributed by atoms with Gasteiger partial charge in [-0.1, -0.05) is 70.8 Å². The van der Waals surface area contributed by atoms with Crippen molar-refractivity contribution >= 4 is 40.3 Å². The Kier molecular flexibility index (Phi) is 15.6. The summed E-state index contributed by atoms with van der Waals surface area (Å²) < 4.78 is 23.5. The Bertz CT molecular complexity index is 2010. The van der Waals surface area contributed by atoms with E-state index >= 15 is 0 Å². The first-order valence-electron chi connectivity index (χ1n) is 20.1. The van der Waals surface area contributed by atoms with E-state index in [2.05, 4.69) is 17.4 Å². The monoisotopic (exact) mass is 824 g/mol. The third-order valence-electron chi connectivity index (χ3n) is 11.4. The van der Waals surface area contributed by atoms with Crippen molar-refractivity contribution in [3.05, 3.63) is 52.8 Å². The quantitative estimate of drug-likeness (QED) is 0.0388. The Morgan fingerprint density at radius 3 is 2.29 bits per heavy atom. The highest BCUT2D eigenvalue weighted by atomic mass is 16.7. The average molecular weight is 825 g/mol. The fraction of sp³-hybridized carbons (Fsp3) is 0.545. The third-order valence-corrected chi connectivity index (χ3v) is 11.4. The molecule has 59 heavy (non-hydrogen) atoms. The molecule has 3 aliphatic rings. The van der Waals surface area contributed by atoms with Crippen molar-refractivity contribution in [2.75, 3.05) is 19.0 Å². The van der Waals surface area contributed by atoms with Crippen molar-refractivity contribution in [3.63, 3.8) is 0 Å². The zero-order chi connectivity index (χ0) is 43.9. The molecule has 15 heteroatoms. The van der Waals surface area contributed by atoms with E-state index in [-0.39, 0.29) is 51.1 Å². The number of oxime groups is 1. The molecule has 0 radical (unpaired) electrons. The molecule has 0 fully saturated rings. The van der Waals surface area contributed by atoms with Gasteiger partial charge in [-0.15, -0.1) is 0 Å². The molecule has 2 aromatic rings. The summed E-state index contributed by atoms with van der Waals surface area (Å²) in [5.41, 5.74) is -0.556. The second-order valence-electron chi connectivity index (χ2n) is 15.7. The number of anilines is 1. The van der Waals surface area contributed by atoms with E-state index in [1.54, 1.807) is 39.8 Å². The predicted octanol–water partition coefficient (Wildman–Crippen LogP) is 6.68. The minimum absolute atomic E-state index is 0.0402. The fourth-order valence-corrected chi connectivity index (χ4v) is 7.61. The molecular formula is C44H60N2O13. The van der Waals surface area contributed by atoms with E-state index in [0.29, 0.717) is 6.42 Å². The predicted molar refractivity (Wildman–Crippen MR) is 222 cm³/mol. The smallest absolute Gasteiger partial charge is 0.312 e. The van der Waals surface area contributed by atoms with Crippen molar-refractivity contribution in [1.29, 1.82) is 0 Å². The van der Waals surface area contributed by atoms with Gasteiger partial charge in [0.25, 0.3) is 11.7 Å². The molecule has 3 heterocycles. The topological polar surface area (TPSA) is 223 Å². The number of hydrogen-bond donors (Lipinski definition) is 6. The Labute approximate surface area is 345 Å². The first-order valence-corrected chi connectivity index (χ1v) is 20.1. The second-order valence-corrected chi connectivity index (χ2v) is 15.7. The zero-order valence-electron chi connectivity index (χ0n) is 35.6. The van der Waals surface area contributed by atoms with Crippen LogP contribution in [0, 0.1) is 30.6 Å². The number of aliphatic hydroxyl groups is 2. The average Bonchev–Trinajstić information content (AvgIpc) is 3.46. The van der Waals surface area contributed by atoms with Crippen LogP contribution in [0.2, 0.25) is 0 Å². The standard InChI is InChI=1S/C44H60N2O13/c1-11-12-13-14-19-57-45-21-29-34-39(52)32-31(38(29)51)33-41(27(7)37(32)50)59-44(9,42(33)53)56-20-18-30(55-10)24(4)40(58-28(8)47)26(6)36(49)25(5)35(48)22(2)16-15-17-23(3)43(54)46-34/h15-18,20-22,24-26,30,35-36,40,48-52H,11-14,19H2,1-10H3,(H,46,54)/b16-15?,20-18-,23-17?,45-21+. The maximum Gasteiger partial charge on any atom is 0.312 e. The minimum atomic E-state index is -2.05. The number of allylic oxidation sites excluding steroid dienone is 2. The van der Waals surface area contributed by atoms with Gasteiger partial charge in [0.05, 0.1) is 53.0 Å². The number of ketones is 1. The molecule has 6 N–H and O–H groups in total. The van der Waals surface area contributed by atoms with Gasteiger partial charge in [-0.3, -0.25) is 14.4 Å². The summed E-state index contributed by atoms with van der Waals surface area (Å²) in [6.07, 6.45) is 8.25. The molecule has 0 aromatic heterocycles. The van der Waals surface area contributed by atoms with Crippen LogP contribution in [0.15, 0.2) is 41.3 Å². The molecule has 2 aromatic carbocycles. The lowest BCUT2D eigenvalue weighted by Gasteiger charge is -2.38. The molecule has 5 rings (SSSR count). The summed E-state index contributed by atoms with van der Waals surface area (Å²) >= 11 is 0. The maximum atomic E-state index is 14.4. The highest BCUT2D eigenvalue weighted by Gasteiger charge is 2.50. The molecule has 0 saturated carbocycles. The van der Waals surface area contributed by atoms with Gasteiger partial charge in [-0.2, -0.15) is 0 Å². The summed E-state index contributed by atoms with van der Waals surface area (Å²) in [5, 5.41) is 64.1. The second kappa shape index (κ2) is 19.8. The fourth-order valence-electron chi connectivity index (χ4n) is 7.61. The summed E-state index contributed by atoms with van der Waals surface area (Å²) in [7, 11) is 1.43. The summed E-state index contributed by atoms with van der Waals surface area (Å²) in [4.78, 5) is 45.8. The first-order chi connectivity index (χ1) is 27.8. The number of nitrogens with one attached hydrogen (secondary N) is 1. The minimum Gasteiger partial charge on any atom is -0.507 e. The van der Waals surface area contributed by atoms with Crippen LogP contribution >= 0.6 is 0 Å². The van der Waals surface area contributed by atoms with E-state index in [0.717, 1.165) is 25.5 Å². The Hall–Kier alpha value is -5.12. The highest BCUT2D eigenvalue weighted by molar-refractivity contribution is 6.23. The van der Waals surface area contributed by atoms with E-state index in [1.807, 2.05) is 0 Å². The number of esters is 1. The Balaban J connectivity index is 1.93. The number of hydrogen-bond acceptors (Lipinski definition) is 14. The molecule has 15 nitrogen and oxygen atoms in total. The van der Waals surface area contributed by atoms with Gasteiger partial charge in [0.2, 0.25) is 0 Å². The highest BCUT2D eigenvalue weighted by Crippen LogP contribution is 2.55. The number of Topliss-reactive ketones (excluding diaryl/α,β-unsaturated/α-hetero) is 1. The summed E-state index contributed by atoms with van der Waals surface area (Å²) in [5.74, 6) is -8.56. The molecule has 324 valence electrons. The van der Waals surface area contributed by atoms with Crippen LogP contribution < -0.4 is 10.1 Å². The molecule has 9 atom stereocenters. The number of phenols is 3. The number of fused-ring (bicyclic) bond motifs is 14. The van der Waals surface area contributed by atoms with Crippen molar-refractivity contribution in [2.45, 2.75) is 118 Å². The molecule has 0 spiro atoms. The molecule has 0 saturated heterocycles. The van der Waals surface area contributed by atoms with Crippen molar-refractivity contribution in [2.24, 2.45) is 28.8 Å². The van der Waals surface area contributed by atoms with Crippen LogP contribution in [0.5, 0.6) is 23.0 Å². The number of methoxy groups -OCH3 is 1. The van der Waals surface area contributed by atoms with Crippen LogP contribution in [-0.4, -0.2) is 93.3 Å². The number of aromatic hydroxyl groups is 3. The van der Waals surface area contributed by atoms with Crippen LogP contribution in [-0.2, 0) is 28.6 Å². The number of ether oxygens (including phenoxy) is 4. The number of aliphatic hydroxyl groups excluding tert-OH is 2. The number of carbonyl (C=O) groups excluding carboxylic acids is 3. The van der Waals surface area contributed by atoms with Gasteiger partial charge in [0.1, 0.15) is 30.0 Å². The number of carbonyl (C=O) groups is 3. The first kappa shape index (κ1) is 46.6. The van der Waals surface area contributed by atoms with Gasteiger partial charge in [-0.05, 0) is 32.8 Å². The number of unbranched alkanes of at least 4 members (excludes halogenated alkanes) is 3. The van der Waals surface area contributed by atoms with Crippen molar-refractivity contribution in [1.82, 2.24) is 0 Å². The maximum absolute atomic E-state index is 14.4. The van der Waals surface area contributed by atoms with Crippen LogP contribution in [0.1, 0.15) is 103 Å². The van der Waals surface area contributed by atoms with Gasteiger partial charge in [0.15, 0.2) is 5.75 Å². The normalized spacial score (nSPS) is 28.6. The van der Waals surface area contributed by atoms with Crippen LogP contribution in [0.25, 0.3) is 10.8 Å². The number of amides is 1. The number of phenolic OH excluding ortho intramolecular Hbond substituents is 3. The molecule has 0 aliphatic carbocycles. The lowest BCUT2D eigenvalue weighted by molar-refractivity contribution is -0.160. The van der Waals surface area contributed by atoms with E-state index in [9.17, 15) is 39.9 Å². The van der Waals surface area contributed by atoms with Crippen LogP contribution in [0.4, 0.5) is 5.69 Å². The van der Waals surface area contributed by atoms with Gasteiger partial charge < -0.3 is 54.6 Å². The van der Waals surface area contributed by atoms with Crippen molar-refractivity contribution < 1.29 is 63.7 Å². The summed E-state index contributed by atoms with van der Waals surface area (Å²) in [6, 6.07) is 0. The molecule has 3 aliphatic heterocycles.